The second kappa shape index (κ2) is 14.2. The van der Waals surface area contributed by atoms with Crippen LogP contribution in [0.5, 0.6) is 0 Å². The first-order valence-corrected chi connectivity index (χ1v) is 19.3. The van der Waals surface area contributed by atoms with Gasteiger partial charge in [-0.05, 0) is 51.0 Å². The first-order chi connectivity index (χ1) is 22.8. The number of carbonyl (C=O) groups excluding carboxylic acids is 1. The third-order valence-corrected chi connectivity index (χ3v) is 10.7. The number of carboxylic acids is 1. The van der Waals surface area contributed by atoms with Crippen molar-refractivity contribution in [3.8, 4) is 0 Å². The highest BCUT2D eigenvalue weighted by Crippen LogP contribution is 2.50. The Bertz CT molecular complexity index is 1970. The van der Waals surface area contributed by atoms with Crippen LogP contribution in [0.3, 0.4) is 0 Å². The highest BCUT2D eigenvalue weighted by Gasteiger charge is 2.47. The van der Waals surface area contributed by atoms with Gasteiger partial charge in [-0.3, -0.25) is 9.11 Å². The number of unbranched alkanes of at least 4 members (excludes halogenated alkanes) is 1. The maximum atomic E-state index is 13.2. The van der Waals surface area contributed by atoms with E-state index in [2.05, 4.69) is 11.5 Å². The number of benzene rings is 2. The summed E-state index contributed by atoms with van der Waals surface area (Å²) in [5.74, 6) is -2.37. The molecule has 0 fully saturated rings. The van der Waals surface area contributed by atoms with E-state index in [-0.39, 0.29) is 30.2 Å². The molecule has 3 N–H and O–H groups in total. The van der Waals surface area contributed by atoms with E-state index in [0.29, 0.717) is 36.4 Å². The standard InChI is InChI=1S/C35H44N2O10S2/c1-7-9-17-36-26-14-10-13-24(33(40)47-19-8-2)30(26)34(3,4)28(36)15-11-16-29-35(5,6)31-25(32(38)39)21-23(49(44,45)46)22-27(31)37(29)18-12-20-48(41,42)43/h10-11,13-16,21-22H,7-9,12,17-20H2,1-6H3,(H2-,38,39,41,42,43,44,45,46)/p+1. The first-order valence-electron chi connectivity index (χ1n) is 16.2. The van der Waals surface area contributed by atoms with E-state index in [1.54, 1.807) is 37.0 Å². The van der Waals surface area contributed by atoms with E-state index in [4.69, 9.17) is 4.74 Å². The van der Waals surface area contributed by atoms with Crippen LogP contribution in [0.4, 0.5) is 11.4 Å². The Balaban J connectivity index is 1.88. The summed E-state index contributed by atoms with van der Waals surface area (Å²) in [5, 5.41) is 10.1. The van der Waals surface area contributed by atoms with Crippen molar-refractivity contribution >= 4 is 49.3 Å². The Kier molecular flexibility index (Phi) is 11.0. The minimum absolute atomic E-state index is 0.0107. The molecule has 4 rings (SSSR count). The molecule has 2 heterocycles. The fourth-order valence-electron chi connectivity index (χ4n) is 6.87. The number of fused-ring (bicyclic) bond motifs is 2. The number of esters is 1. The lowest BCUT2D eigenvalue weighted by atomic mass is 9.78. The average Bonchev–Trinajstić information content (AvgIpc) is 3.35. The Hall–Kier alpha value is -3.85. The van der Waals surface area contributed by atoms with Gasteiger partial charge < -0.3 is 14.7 Å². The third-order valence-electron chi connectivity index (χ3n) is 9.04. The molecule has 2 aromatic rings. The van der Waals surface area contributed by atoms with E-state index >= 15 is 0 Å². The molecule has 2 aliphatic heterocycles. The highest BCUT2D eigenvalue weighted by atomic mass is 32.2. The molecule has 0 saturated carbocycles. The molecule has 0 amide bonds. The first kappa shape index (κ1) is 38.0. The predicted molar refractivity (Wildman–Crippen MR) is 187 cm³/mol. The van der Waals surface area contributed by atoms with Crippen LogP contribution < -0.4 is 4.90 Å². The van der Waals surface area contributed by atoms with E-state index < -0.39 is 47.7 Å². The fraction of sp³-hybridized carbons (Fsp3) is 0.457. The lowest BCUT2D eigenvalue weighted by molar-refractivity contribution is -0.438. The van der Waals surface area contributed by atoms with E-state index in [0.717, 1.165) is 35.9 Å². The molecule has 0 aromatic heterocycles. The zero-order valence-electron chi connectivity index (χ0n) is 28.7. The zero-order chi connectivity index (χ0) is 36.5. The number of hydrogen-bond acceptors (Lipinski definition) is 8. The summed E-state index contributed by atoms with van der Waals surface area (Å²) in [7, 11) is -9.12. The van der Waals surface area contributed by atoms with Crippen LogP contribution in [0.1, 0.15) is 99.1 Å². The van der Waals surface area contributed by atoms with Gasteiger partial charge >= 0.3 is 11.9 Å². The molecule has 0 radical (unpaired) electrons. The van der Waals surface area contributed by atoms with Gasteiger partial charge in [-0.1, -0.05) is 46.3 Å². The van der Waals surface area contributed by atoms with Crippen molar-refractivity contribution < 1.29 is 49.9 Å². The Labute approximate surface area is 288 Å². The van der Waals surface area contributed by atoms with Crippen LogP contribution in [0.2, 0.25) is 0 Å². The summed E-state index contributed by atoms with van der Waals surface area (Å²) in [4.78, 5) is 26.6. The quantitative estimate of drug-likeness (QED) is 0.121. The van der Waals surface area contributed by atoms with Crippen LogP contribution in [0.15, 0.2) is 59.2 Å². The average molecular weight is 718 g/mol. The highest BCUT2D eigenvalue weighted by molar-refractivity contribution is 7.86. The molecule has 0 atom stereocenters. The van der Waals surface area contributed by atoms with Crippen LogP contribution in [0.25, 0.3) is 0 Å². The monoisotopic (exact) mass is 717 g/mol. The molecule has 0 bridgehead atoms. The zero-order valence-corrected chi connectivity index (χ0v) is 30.3. The van der Waals surface area contributed by atoms with Gasteiger partial charge in [0.1, 0.15) is 6.54 Å². The Morgan fingerprint density at radius 3 is 2.22 bits per heavy atom. The van der Waals surface area contributed by atoms with Gasteiger partial charge in [-0.25, -0.2) is 9.59 Å². The molecular weight excluding hydrogens is 673 g/mol. The fourth-order valence-corrected chi connectivity index (χ4v) is 7.89. The molecule has 2 aliphatic rings. The van der Waals surface area contributed by atoms with Crippen LogP contribution in [-0.2, 0) is 35.8 Å². The molecule has 2 aromatic carbocycles. The van der Waals surface area contributed by atoms with Crippen LogP contribution >= 0.6 is 0 Å². The minimum Gasteiger partial charge on any atom is -0.478 e. The maximum absolute atomic E-state index is 13.2. The lowest BCUT2D eigenvalue weighted by Crippen LogP contribution is -2.30. The van der Waals surface area contributed by atoms with E-state index in [9.17, 15) is 40.6 Å². The molecule has 12 nitrogen and oxygen atoms in total. The molecule has 266 valence electrons. The van der Waals surface area contributed by atoms with Crippen LogP contribution in [-0.4, -0.2) is 78.7 Å². The second-order valence-corrected chi connectivity index (χ2v) is 16.3. The smallest absolute Gasteiger partial charge is 0.338 e. The van der Waals surface area contributed by atoms with Crippen molar-refractivity contribution in [3.05, 3.63) is 76.5 Å². The van der Waals surface area contributed by atoms with Gasteiger partial charge in [0.15, 0.2) is 5.71 Å². The van der Waals surface area contributed by atoms with Gasteiger partial charge in [0.05, 0.1) is 39.4 Å². The van der Waals surface area contributed by atoms with Gasteiger partial charge in [0, 0.05) is 47.5 Å². The number of ether oxygens (including phenoxy) is 1. The van der Waals surface area contributed by atoms with E-state index in [1.165, 1.54) is 6.07 Å². The summed E-state index contributed by atoms with van der Waals surface area (Å²) < 4.78 is 74.4. The van der Waals surface area contributed by atoms with Crippen molar-refractivity contribution in [3.63, 3.8) is 0 Å². The van der Waals surface area contributed by atoms with Gasteiger partial charge in [0.25, 0.3) is 20.2 Å². The largest absolute Gasteiger partial charge is 0.478 e. The molecule has 0 unspecified atom stereocenters. The topological polar surface area (TPSA) is 179 Å². The molecule has 49 heavy (non-hydrogen) atoms. The van der Waals surface area contributed by atoms with Crippen molar-refractivity contribution in [1.29, 1.82) is 0 Å². The van der Waals surface area contributed by atoms with Gasteiger partial charge in [0.2, 0.25) is 5.69 Å². The number of rotatable bonds is 14. The van der Waals surface area contributed by atoms with Crippen molar-refractivity contribution in [2.24, 2.45) is 0 Å². The van der Waals surface area contributed by atoms with Crippen molar-refractivity contribution in [2.75, 3.05) is 30.3 Å². The Morgan fingerprint density at radius 2 is 1.63 bits per heavy atom. The summed E-state index contributed by atoms with van der Waals surface area (Å²) in [6.07, 6.45) is 7.97. The summed E-state index contributed by atoms with van der Waals surface area (Å²) in [6.45, 7) is 12.6. The SMILES string of the molecule is CCCC[N+]1=C(/C=C/C=C2/N(CCCS(=O)(=O)O)c3cc(S(=O)(=O)O)cc(C(=O)O)c3C2(C)C)C(C)(C)c2c(C(=O)OCCC)cccc21. The molecular formula is C35H45N2O10S2+. The number of aromatic carboxylic acids is 1. The van der Waals surface area contributed by atoms with Crippen LogP contribution in [0, 0.1) is 0 Å². The molecule has 14 heteroatoms. The lowest BCUT2D eigenvalue weighted by Gasteiger charge is -2.27. The second-order valence-electron chi connectivity index (χ2n) is 13.3. The predicted octanol–water partition coefficient (Wildman–Crippen LogP) is 5.89. The van der Waals surface area contributed by atoms with Crippen molar-refractivity contribution in [2.45, 2.75) is 83.0 Å². The molecule has 0 saturated heterocycles. The summed E-state index contributed by atoms with van der Waals surface area (Å²) in [6, 6.07) is 7.68. The molecule has 0 aliphatic carbocycles. The summed E-state index contributed by atoms with van der Waals surface area (Å²) in [5.41, 5.74) is 2.23. The van der Waals surface area contributed by atoms with Gasteiger partial charge in [-0.2, -0.15) is 21.4 Å². The number of nitrogens with zero attached hydrogens (tertiary/aromatic N) is 2. The maximum Gasteiger partial charge on any atom is 0.338 e. The van der Waals surface area contributed by atoms with Gasteiger partial charge in [-0.15, -0.1) is 0 Å². The number of carbonyl (C=O) groups is 2. The number of allylic oxidation sites excluding steroid dienone is 4. The van der Waals surface area contributed by atoms with E-state index in [1.807, 2.05) is 39.0 Å². The number of carboxylic acid groups (broad SMARTS) is 1. The minimum atomic E-state index is -4.80. The normalized spacial score (nSPS) is 17.6. The number of anilines is 1. The third kappa shape index (κ3) is 7.67. The number of hydrogen-bond donors (Lipinski definition) is 3. The van der Waals surface area contributed by atoms with Crippen molar-refractivity contribution in [1.82, 2.24) is 0 Å². The molecule has 0 spiro atoms. The summed E-state index contributed by atoms with van der Waals surface area (Å²) >= 11 is 0. The Morgan fingerprint density at radius 1 is 0.939 bits per heavy atom.